The van der Waals surface area contributed by atoms with Gasteiger partial charge in [-0.25, -0.2) is 18.5 Å². The summed E-state index contributed by atoms with van der Waals surface area (Å²) in [5.74, 6) is 0.740. The molecule has 0 amide bonds. The summed E-state index contributed by atoms with van der Waals surface area (Å²) in [7, 11) is 0. The molecule has 0 saturated carbocycles. The van der Waals surface area contributed by atoms with Gasteiger partial charge >= 0.3 is 11.4 Å². The molecule has 0 fully saturated rings. The molecule has 27 heavy (non-hydrogen) atoms. The summed E-state index contributed by atoms with van der Waals surface area (Å²) in [6, 6.07) is 10.3. The molecular formula is C17H9FN4O4S. The molecule has 2 aromatic carbocycles. The zero-order chi connectivity index (χ0) is 18.5. The van der Waals surface area contributed by atoms with Gasteiger partial charge in [-0.15, -0.1) is 5.10 Å². The van der Waals surface area contributed by atoms with Crippen LogP contribution in [0.25, 0.3) is 21.2 Å². The molecule has 0 N–H and O–H groups in total. The highest BCUT2D eigenvalue weighted by Gasteiger charge is 2.18. The number of aromatic nitrogens is 4. The van der Waals surface area contributed by atoms with Crippen LogP contribution in [-0.2, 0) is 0 Å². The van der Waals surface area contributed by atoms with Gasteiger partial charge in [0.25, 0.3) is 0 Å². The molecule has 1 aliphatic heterocycles. The third-order valence-electron chi connectivity index (χ3n) is 4.02. The highest BCUT2D eigenvalue weighted by atomic mass is 32.1. The molecule has 0 bridgehead atoms. The smallest absolute Gasteiger partial charge is 0.360 e. The van der Waals surface area contributed by atoms with Crippen LogP contribution in [0.4, 0.5) is 4.39 Å². The van der Waals surface area contributed by atoms with E-state index < -0.39 is 17.2 Å². The second-order valence-electron chi connectivity index (χ2n) is 5.66. The van der Waals surface area contributed by atoms with Gasteiger partial charge in [0, 0.05) is 5.56 Å². The number of rotatable bonds is 2. The maximum absolute atomic E-state index is 13.1. The van der Waals surface area contributed by atoms with Gasteiger partial charge in [0.2, 0.25) is 11.8 Å². The molecule has 0 atom stereocenters. The predicted molar refractivity (Wildman–Crippen MR) is 94.2 cm³/mol. The number of halogens is 1. The van der Waals surface area contributed by atoms with Gasteiger partial charge in [-0.3, -0.25) is 0 Å². The Bertz CT molecular complexity index is 1310. The molecule has 4 aromatic rings. The Balaban J connectivity index is 1.68. The molecular weight excluding hydrogens is 375 g/mol. The zero-order valence-corrected chi connectivity index (χ0v) is 14.3. The van der Waals surface area contributed by atoms with Crippen LogP contribution in [-0.4, -0.2) is 26.0 Å². The minimum absolute atomic E-state index is 0.150. The Kier molecular flexibility index (Phi) is 3.34. The van der Waals surface area contributed by atoms with Gasteiger partial charge in [0.05, 0.1) is 5.69 Å². The van der Waals surface area contributed by atoms with Crippen molar-refractivity contribution in [2.75, 3.05) is 6.79 Å². The quantitative estimate of drug-likeness (QED) is 0.524. The predicted octanol–water partition coefficient (Wildman–Crippen LogP) is 1.84. The highest BCUT2D eigenvalue weighted by Crippen LogP contribution is 2.36. The van der Waals surface area contributed by atoms with Gasteiger partial charge < -0.3 is 9.47 Å². The Morgan fingerprint density at radius 3 is 2.63 bits per heavy atom. The summed E-state index contributed by atoms with van der Waals surface area (Å²) < 4.78 is 25.6. The lowest BCUT2D eigenvalue weighted by atomic mass is 10.2. The monoisotopic (exact) mass is 384 g/mol. The second-order valence-corrected chi connectivity index (χ2v) is 6.61. The Labute approximate surface area is 153 Å². The van der Waals surface area contributed by atoms with Gasteiger partial charge in [-0.2, -0.15) is 9.50 Å². The third kappa shape index (κ3) is 2.49. The lowest BCUT2D eigenvalue weighted by molar-refractivity contribution is 0.174. The van der Waals surface area contributed by atoms with E-state index in [1.165, 1.54) is 12.1 Å². The molecule has 0 saturated heterocycles. The van der Waals surface area contributed by atoms with Gasteiger partial charge in [-0.05, 0) is 42.5 Å². The molecule has 0 unspecified atom stereocenters. The molecule has 1 aliphatic rings. The normalized spacial score (nSPS) is 12.6. The molecule has 5 rings (SSSR count). The van der Waals surface area contributed by atoms with Crippen LogP contribution < -0.4 is 20.9 Å². The van der Waals surface area contributed by atoms with Gasteiger partial charge in [0.1, 0.15) is 10.8 Å². The van der Waals surface area contributed by atoms with Crippen molar-refractivity contribution in [1.29, 1.82) is 0 Å². The van der Waals surface area contributed by atoms with Crippen molar-refractivity contribution in [3.63, 3.8) is 0 Å². The molecule has 2 aromatic heterocycles. The maximum atomic E-state index is 13.1. The largest absolute Gasteiger partial charge is 0.454 e. The standard InChI is InChI=1S/C17H9FN4O4S/c18-10-2-4-11(5-3-10)21-15(23)19-16-22(17(21)24)20-14(27-16)9-1-6-12-13(7-9)26-8-25-12/h1-7H,8H2. The highest BCUT2D eigenvalue weighted by molar-refractivity contribution is 7.19. The third-order valence-corrected chi connectivity index (χ3v) is 4.98. The van der Waals surface area contributed by atoms with Crippen molar-refractivity contribution in [2.24, 2.45) is 0 Å². The summed E-state index contributed by atoms with van der Waals surface area (Å²) in [5.41, 5.74) is -0.520. The van der Waals surface area contributed by atoms with Crippen LogP contribution >= 0.6 is 11.3 Å². The topological polar surface area (TPSA) is 87.7 Å². The van der Waals surface area contributed by atoms with E-state index in [1.807, 2.05) is 0 Å². The molecule has 10 heteroatoms. The fraction of sp³-hybridized carbons (Fsp3) is 0.0588. The van der Waals surface area contributed by atoms with Gasteiger partial charge in [0.15, 0.2) is 11.5 Å². The first-order valence-electron chi connectivity index (χ1n) is 7.79. The van der Waals surface area contributed by atoms with E-state index in [1.54, 1.807) is 18.2 Å². The maximum Gasteiger partial charge on any atom is 0.360 e. The lowest BCUT2D eigenvalue weighted by Crippen LogP contribution is -2.38. The SMILES string of the molecule is O=c1nc2sc(-c3ccc4c(c3)OCO4)nn2c(=O)n1-c1ccc(F)cc1. The molecule has 0 spiro atoms. The minimum Gasteiger partial charge on any atom is -0.454 e. The van der Waals surface area contributed by atoms with Crippen molar-refractivity contribution in [1.82, 2.24) is 19.2 Å². The Morgan fingerprint density at radius 2 is 1.81 bits per heavy atom. The second kappa shape index (κ2) is 5.74. The summed E-state index contributed by atoms with van der Waals surface area (Å²) in [6.45, 7) is 0.150. The number of benzene rings is 2. The van der Waals surface area contributed by atoms with Crippen molar-refractivity contribution < 1.29 is 13.9 Å². The van der Waals surface area contributed by atoms with Crippen LogP contribution in [0.5, 0.6) is 11.5 Å². The number of ether oxygens (including phenoxy) is 2. The van der Waals surface area contributed by atoms with Crippen molar-refractivity contribution in [3.05, 3.63) is 69.3 Å². The average Bonchev–Trinajstić information content (AvgIpc) is 3.29. The number of hydrogen-bond acceptors (Lipinski definition) is 7. The van der Waals surface area contributed by atoms with E-state index in [0.29, 0.717) is 22.1 Å². The zero-order valence-electron chi connectivity index (χ0n) is 13.5. The lowest BCUT2D eigenvalue weighted by Gasteiger charge is -2.03. The summed E-state index contributed by atoms with van der Waals surface area (Å²) in [6.07, 6.45) is 0. The van der Waals surface area contributed by atoms with E-state index in [2.05, 4.69) is 10.1 Å². The summed E-state index contributed by atoms with van der Waals surface area (Å²) >= 11 is 1.10. The first kappa shape index (κ1) is 15.7. The first-order valence-corrected chi connectivity index (χ1v) is 8.61. The van der Waals surface area contributed by atoms with Crippen LogP contribution in [0, 0.1) is 5.82 Å². The molecule has 0 radical (unpaired) electrons. The minimum atomic E-state index is -0.757. The average molecular weight is 384 g/mol. The summed E-state index contributed by atoms with van der Waals surface area (Å²) in [4.78, 5) is 29.2. The Hall–Kier alpha value is -3.53. The van der Waals surface area contributed by atoms with Crippen LogP contribution in [0.15, 0.2) is 52.1 Å². The number of hydrogen-bond donors (Lipinski definition) is 0. The van der Waals surface area contributed by atoms with E-state index >= 15 is 0 Å². The van der Waals surface area contributed by atoms with E-state index in [-0.39, 0.29) is 17.4 Å². The molecule has 134 valence electrons. The number of fused-ring (bicyclic) bond motifs is 2. The van der Waals surface area contributed by atoms with Gasteiger partial charge in [-0.1, -0.05) is 11.3 Å². The molecule has 0 aliphatic carbocycles. The van der Waals surface area contributed by atoms with Crippen LogP contribution in [0.3, 0.4) is 0 Å². The van der Waals surface area contributed by atoms with E-state index in [0.717, 1.165) is 32.6 Å². The Morgan fingerprint density at radius 1 is 1.04 bits per heavy atom. The number of nitrogens with zero attached hydrogens (tertiary/aromatic N) is 4. The van der Waals surface area contributed by atoms with Crippen molar-refractivity contribution >= 4 is 16.3 Å². The van der Waals surface area contributed by atoms with Crippen LogP contribution in [0.1, 0.15) is 0 Å². The fourth-order valence-corrected chi connectivity index (χ4v) is 3.61. The molecule has 3 heterocycles. The van der Waals surface area contributed by atoms with Crippen molar-refractivity contribution in [2.45, 2.75) is 0 Å². The van der Waals surface area contributed by atoms with E-state index in [4.69, 9.17) is 9.47 Å². The fourth-order valence-electron chi connectivity index (χ4n) is 2.74. The van der Waals surface area contributed by atoms with Crippen molar-refractivity contribution in [3.8, 4) is 27.8 Å². The van der Waals surface area contributed by atoms with Crippen LogP contribution in [0.2, 0.25) is 0 Å². The summed E-state index contributed by atoms with van der Waals surface area (Å²) in [5, 5.41) is 4.78. The first-order chi connectivity index (χ1) is 13.1. The molecule has 8 nitrogen and oxygen atoms in total. The van der Waals surface area contributed by atoms with E-state index in [9.17, 15) is 14.0 Å².